The molecule has 356 valence electrons. The van der Waals surface area contributed by atoms with E-state index in [2.05, 4.69) is 50.3 Å². The molecular formula is C50H93NO9P+. The Labute approximate surface area is 374 Å². The second kappa shape index (κ2) is 38.6. The summed E-state index contributed by atoms with van der Waals surface area (Å²) in [7, 11) is 1.44. The summed E-state index contributed by atoms with van der Waals surface area (Å²) < 4.78 is 40.2. The number of phosphoric ester groups is 1. The summed E-state index contributed by atoms with van der Waals surface area (Å²) in [6, 6.07) is 0. The van der Waals surface area contributed by atoms with Crippen LogP contribution in [0.5, 0.6) is 0 Å². The van der Waals surface area contributed by atoms with Gasteiger partial charge in [0.25, 0.3) is 0 Å². The van der Waals surface area contributed by atoms with Crippen LogP contribution in [-0.4, -0.2) is 87.1 Å². The number of hydrogen-bond acceptors (Lipinski definition) is 8. The molecule has 1 rings (SSSR count). The number of phosphoric acid groups is 1. The molecule has 61 heavy (non-hydrogen) atoms. The van der Waals surface area contributed by atoms with Gasteiger partial charge in [-0.05, 0) is 51.4 Å². The minimum absolute atomic E-state index is 0.0192. The van der Waals surface area contributed by atoms with Gasteiger partial charge < -0.3 is 23.6 Å². The molecule has 11 heteroatoms. The Morgan fingerprint density at radius 3 is 1.61 bits per heavy atom. The molecule has 1 saturated heterocycles. The van der Waals surface area contributed by atoms with Crippen molar-refractivity contribution in [1.82, 2.24) is 0 Å². The fraction of sp³-hybridized carbons (Fsp3) is 0.840. The molecule has 1 N–H and O–H groups in total. The van der Waals surface area contributed by atoms with Gasteiger partial charge in [-0.15, -0.1) is 0 Å². The van der Waals surface area contributed by atoms with E-state index < -0.39 is 26.5 Å². The summed E-state index contributed by atoms with van der Waals surface area (Å²) in [4.78, 5) is 35.5. The highest BCUT2D eigenvalue weighted by Crippen LogP contribution is 2.43. The van der Waals surface area contributed by atoms with Crippen molar-refractivity contribution in [3.8, 4) is 0 Å². The highest BCUT2D eigenvalue weighted by molar-refractivity contribution is 7.47. The van der Waals surface area contributed by atoms with Crippen molar-refractivity contribution in [2.24, 2.45) is 0 Å². The number of nitrogens with zero attached hydrogens (tertiary/aromatic N) is 1. The van der Waals surface area contributed by atoms with Gasteiger partial charge in [0.15, 0.2) is 6.10 Å². The van der Waals surface area contributed by atoms with Crippen molar-refractivity contribution in [3.05, 3.63) is 36.5 Å². The number of carbonyl (C=O) groups excluding carboxylic acids is 2. The highest BCUT2D eigenvalue weighted by atomic mass is 31.2. The predicted molar refractivity (Wildman–Crippen MR) is 251 cm³/mol. The number of ether oxygens (including phenoxy) is 3. The topological polar surface area (TPSA) is 121 Å². The SMILES string of the molecule is CCCCC/C=C\C/C=C\CC1OC1C/C=C\CCCC(=O)O[C@H](COC(=O)CCCCCCCCCCCCCCCCCCCCC)COP(=O)(O)OCC[N+](C)(C)C. The van der Waals surface area contributed by atoms with Crippen LogP contribution in [-0.2, 0) is 37.4 Å². The maximum atomic E-state index is 12.7. The van der Waals surface area contributed by atoms with Crippen LogP contribution in [0.3, 0.4) is 0 Å². The zero-order valence-corrected chi connectivity index (χ0v) is 40.7. The van der Waals surface area contributed by atoms with E-state index >= 15 is 0 Å². The lowest BCUT2D eigenvalue weighted by Gasteiger charge is -2.24. The van der Waals surface area contributed by atoms with Gasteiger partial charge in [-0.1, -0.05) is 179 Å². The number of quaternary nitrogens is 1. The lowest BCUT2D eigenvalue weighted by atomic mass is 10.0. The van der Waals surface area contributed by atoms with Crippen molar-refractivity contribution in [2.45, 2.75) is 225 Å². The van der Waals surface area contributed by atoms with Crippen LogP contribution in [0.4, 0.5) is 0 Å². The molecule has 0 bridgehead atoms. The van der Waals surface area contributed by atoms with Crippen molar-refractivity contribution < 1.29 is 46.8 Å². The van der Waals surface area contributed by atoms with E-state index in [4.69, 9.17) is 23.3 Å². The molecule has 1 aliphatic rings. The van der Waals surface area contributed by atoms with E-state index in [0.29, 0.717) is 23.9 Å². The first-order valence-corrected chi connectivity index (χ1v) is 26.3. The Kier molecular flexibility index (Phi) is 36.2. The number of esters is 2. The minimum atomic E-state index is -4.40. The van der Waals surface area contributed by atoms with Crippen LogP contribution in [0.2, 0.25) is 0 Å². The highest BCUT2D eigenvalue weighted by Gasteiger charge is 2.36. The van der Waals surface area contributed by atoms with Gasteiger partial charge >= 0.3 is 19.8 Å². The third-order valence-corrected chi connectivity index (χ3v) is 12.1. The number of allylic oxidation sites excluding steroid dienone is 4. The van der Waals surface area contributed by atoms with Crippen molar-refractivity contribution >= 4 is 19.8 Å². The smallest absolute Gasteiger partial charge is 0.462 e. The van der Waals surface area contributed by atoms with Gasteiger partial charge in [0.05, 0.1) is 40.0 Å². The minimum Gasteiger partial charge on any atom is -0.462 e. The van der Waals surface area contributed by atoms with Crippen molar-refractivity contribution in [2.75, 3.05) is 47.5 Å². The zero-order valence-electron chi connectivity index (χ0n) is 39.8. The standard InChI is InChI=1S/C50H92NO9P/c1-6-8-10-12-14-16-17-18-19-20-21-22-23-24-25-27-29-31-36-40-49(52)56-44-46(45-58-61(54,55)57-43-42-51(3,4)5)59-50(53)41-37-33-32-35-39-48-47(60-48)38-34-30-28-26-15-13-11-9-7-2/h15,26,30,32,34-35,46-48H,6-14,16-25,27-29,31,33,36-45H2,1-5H3/p+1/b26-15-,34-30-,35-32-/t46-,47?,48?/m1/s1. The number of hydrogen-bond donors (Lipinski definition) is 1. The van der Waals surface area contributed by atoms with Gasteiger partial charge in [0, 0.05) is 12.8 Å². The first-order valence-electron chi connectivity index (χ1n) is 24.8. The normalized spacial score (nSPS) is 17.1. The van der Waals surface area contributed by atoms with E-state index in [1.807, 2.05) is 21.1 Å². The maximum Gasteiger partial charge on any atom is 0.472 e. The maximum absolute atomic E-state index is 12.7. The first-order chi connectivity index (χ1) is 29.5. The second-order valence-corrected chi connectivity index (χ2v) is 19.7. The molecular weight excluding hydrogens is 790 g/mol. The number of epoxide rings is 1. The van der Waals surface area contributed by atoms with Gasteiger partial charge in [-0.3, -0.25) is 18.6 Å². The first kappa shape index (κ1) is 57.2. The molecule has 0 aromatic rings. The zero-order chi connectivity index (χ0) is 44.7. The van der Waals surface area contributed by atoms with E-state index in [1.165, 1.54) is 122 Å². The molecule has 0 aliphatic carbocycles. The van der Waals surface area contributed by atoms with Gasteiger partial charge in [0.2, 0.25) is 0 Å². The van der Waals surface area contributed by atoms with E-state index in [0.717, 1.165) is 44.9 Å². The van der Waals surface area contributed by atoms with Crippen LogP contribution < -0.4 is 0 Å². The molecule has 3 unspecified atom stereocenters. The summed E-state index contributed by atoms with van der Waals surface area (Å²) in [5, 5.41) is 0. The number of unbranched alkanes of at least 4 members (excludes halogenated alkanes) is 22. The molecule has 0 amide bonds. The molecule has 10 nitrogen and oxygen atoms in total. The predicted octanol–water partition coefficient (Wildman–Crippen LogP) is 13.5. The Balaban J connectivity index is 2.26. The Morgan fingerprint density at radius 2 is 1.05 bits per heavy atom. The van der Waals surface area contributed by atoms with E-state index in [-0.39, 0.29) is 44.2 Å². The molecule has 1 aliphatic heterocycles. The Bertz CT molecular complexity index is 1200. The average Bonchev–Trinajstić information content (AvgIpc) is 3.97. The van der Waals surface area contributed by atoms with Crippen LogP contribution in [0.15, 0.2) is 36.5 Å². The van der Waals surface area contributed by atoms with Crippen LogP contribution in [0.25, 0.3) is 0 Å². The van der Waals surface area contributed by atoms with Crippen LogP contribution >= 0.6 is 7.82 Å². The third-order valence-electron chi connectivity index (χ3n) is 11.1. The molecule has 0 radical (unpaired) electrons. The van der Waals surface area contributed by atoms with Gasteiger partial charge in [0.1, 0.15) is 19.8 Å². The molecule has 0 saturated carbocycles. The molecule has 0 aromatic carbocycles. The fourth-order valence-corrected chi connectivity index (χ4v) is 7.79. The second-order valence-electron chi connectivity index (χ2n) is 18.2. The summed E-state index contributed by atoms with van der Waals surface area (Å²) in [5.41, 5.74) is 0. The molecule has 0 spiro atoms. The lowest BCUT2D eigenvalue weighted by molar-refractivity contribution is -0.870. The molecule has 1 fully saturated rings. The van der Waals surface area contributed by atoms with E-state index in [1.54, 1.807) is 0 Å². The Hall–Kier alpha value is -1.81. The quantitative estimate of drug-likeness (QED) is 0.0159. The monoisotopic (exact) mass is 883 g/mol. The summed E-state index contributed by atoms with van der Waals surface area (Å²) in [5.74, 6) is -0.864. The largest absolute Gasteiger partial charge is 0.472 e. The number of carbonyl (C=O) groups is 2. The molecule has 1 heterocycles. The average molecular weight is 883 g/mol. The summed E-state index contributed by atoms with van der Waals surface area (Å²) in [6.45, 7) is 4.34. The Morgan fingerprint density at radius 1 is 0.590 bits per heavy atom. The van der Waals surface area contributed by atoms with Crippen molar-refractivity contribution in [1.29, 1.82) is 0 Å². The molecule has 4 atom stereocenters. The van der Waals surface area contributed by atoms with Crippen LogP contribution in [0.1, 0.15) is 206 Å². The third kappa shape index (κ3) is 39.5. The lowest BCUT2D eigenvalue weighted by Crippen LogP contribution is -2.37. The van der Waals surface area contributed by atoms with Crippen molar-refractivity contribution in [3.63, 3.8) is 0 Å². The number of likely N-dealkylation sites (N-methyl/N-ethyl adjacent to an activating group) is 1. The van der Waals surface area contributed by atoms with Gasteiger partial charge in [-0.25, -0.2) is 4.57 Å². The van der Waals surface area contributed by atoms with Crippen LogP contribution in [0, 0.1) is 0 Å². The van der Waals surface area contributed by atoms with Gasteiger partial charge in [-0.2, -0.15) is 0 Å². The number of rotatable bonds is 44. The molecule has 0 aromatic heterocycles. The van der Waals surface area contributed by atoms with E-state index in [9.17, 15) is 19.0 Å². The summed E-state index contributed by atoms with van der Waals surface area (Å²) in [6.07, 6.45) is 46.5. The summed E-state index contributed by atoms with van der Waals surface area (Å²) >= 11 is 0. The fourth-order valence-electron chi connectivity index (χ4n) is 7.05.